The number of alkyl halides is 2. The van der Waals surface area contributed by atoms with Crippen LogP contribution in [0.3, 0.4) is 0 Å². The molecule has 0 spiro atoms. The molecule has 1 atom stereocenters. The Labute approximate surface area is 78.1 Å². The minimum atomic E-state index is 0.344. The molecule has 0 bridgehead atoms. The molecule has 0 unspecified atom stereocenters. The first-order chi connectivity index (χ1) is 3.55. The summed E-state index contributed by atoms with van der Waals surface area (Å²) in [6.07, 6.45) is 0. The molecule has 3 heteroatoms. The number of nitrogens with two attached hydrogens (primary N) is 1. The molecule has 0 aromatic rings. The van der Waals surface area contributed by atoms with E-state index in [1.165, 1.54) is 0 Å². The molecule has 0 aliphatic rings. The van der Waals surface area contributed by atoms with Crippen molar-refractivity contribution in [2.24, 2.45) is 11.7 Å². The first-order valence-electron chi connectivity index (χ1n) is 2.59. The Bertz CT molecular complexity index is 55.4. The lowest BCUT2D eigenvalue weighted by atomic mass is 10.1. The monoisotopic (exact) mass is 339 g/mol. The molecule has 8 heavy (non-hydrogen) atoms. The molecule has 0 amide bonds. The van der Waals surface area contributed by atoms with Crippen LogP contribution in [0.15, 0.2) is 0 Å². The number of halogens is 2. The average molecular weight is 339 g/mol. The molecule has 2 N–H and O–H groups in total. The van der Waals surface area contributed by atoms with E-state index in [1.807, 2.05) is 0 Å². The molecule has 1 nitrogen and oxygen atoms in total. The highest BCUT2D eigenvalue weighted by Gasteiger charge is 2.13. The zero-order chi connectivity index (χ0) is 6.73. The summed E-state index contributed by atoms with van der Waals surface area (Å²) < 4.78 is 0.560. The van der Waals surface area contributed by atoms with Crippen molar-refractivity contribution in [1.82, 2.24) is 0 Å². The molecule has 0 aliphatic carbocycles. The van der Waals surface area contributed by atoms with Crippen LogP contribution >= 0.6 is 45.2 Å². The van der Waals surface area contributed by atoms with Gasteiger partial charge in [0.05, 0.1) is 1.93 Å². The van der Waals surface area contributed by atoms with Crippen molar-refractivity contribution in [2.45, 2.75) is 21.8 Å². The van der Waals surface area contributed by atoms with Crippen molar-refractivity contribution < 1.29 is 0 Å². The van der Waals surface area contributed by atoms with Gasteiger partial charge in [-0.2, -0.15) is 0 Å². The standard InChI is InChI=1S/C5H11I2N/c1-3(2)4(8)5(6)7/h3-5H,8H2,1-2H3/t4-/m0/s1. The molecule has 50 valence electrons. The quantitative estimate of drug-likeness (QED) is 0.606. The zero-order valence-electron chi connectivity index (χ0n) is 5.07. The Morgan fingerprint density at radius 3 is 1.62 bits per heavy atom. The van der Waals surface area contributed by atoms with E-state index in [2.05, 4.69) is 59.0 Å². The molecule has 0 saturated carbocycles. The van der Waals surface area contributed by atoms with Crippen molar-refractivity contribution >= 4 is 45.2 Å². The van der Waals surface area contributed by atoms with Gasteiger partial charge in [-0.1, -0.05) is 59.0 Å². The summed E-state index contributed by atoms with van der Waals surface area (Å²) in [7, 11) is 0. The highest BCUT2D eigenvalue weighted by Crippen LogP contribution is 2.18. The van der Waals surface area contributed by atoms with Crippen LogP contribution in [0.2, 0.25) is 0 Å². The Morgan fingerprint density at radius 2 is 1.62 bits per heavy atom. The van der Waals surface area contributed by atoms with E-state index < -0.39 is 0 Å². The predicted octanol–water partition coefficient (Wildman–Crippen LogP) is 2.17. The molecule has 0 aromatic carbocycles. The number of hydrogen-bond donors (Lipinski definition) is 1. The molecule has 0 rings (SSSR count). The van der Waals surface area contributed by atoms with Gasteiger partial charge in [0.25, 0.3) is 0 Å². The third-order valence-electron chi connectivity index (χ3n) is 1.06. The van der Waals surface area contributed by atoms with Gasteiger partial charge in [0.2, 0.25) is 0 Å². The lowest BCUT2D eigenvalue weighted by Crippen LogP contribution is -2.31. The second-order valence-corrected chi connectivity index (χ2v) is 7.22. The van der Waals surface area contributed by atoms with E-state index in [1.54, 1.807) is 0 Å². The summed E-state index contributed by atoms with van der Waals surface area (Å²) in [6.45, 7) is 4.30. The molecule has 0 fully saturated rings. The zero-order valence-corrected chi connectivity index (χ0v) is 9.38. The van der Waals surface area contributed by atoms with Gasteiger partial charge in [0, 0.05) is 6.04 Å². The van der Waals surface area contributed by atoms with Crippen LogP contribution in [0.4, 0.5) is 0 Å². The van der Waals surface area contributed by atoms with Gasteiger partial charge in [0.1, 0.15) is 0 Å². The highest BCUT2D eigenvalue weighted by molar-refractivity contribution is 14.2. The fraction of sp³-hybridized carbons (Fsp3) is 1.00. The van der Waals surface area contributed by atoms with Crippen LogP contribution in [0.25, 0.3) is 0 Å². The van der Waals surface area contributed by atoms with Crippen LogP contribution in [0.1, 0.15) is 13.8 Å². The maximum Gasteiger partial charge on any atom is 0.0779 e. The summed E-state index contributed by atoms with van der Waals surface area (Å²) in [4.78, 5) is 0. The molecule has 0 aliphatic heterocycles. The van der Waals surface area contributed by atoms with Crippen molar-refractivity contribution in [1.29, 1.82) is 0 Å². The summed E-state index contributed by atoms with van der Waals surface area (Å²) in [6, 6.07) is 0.344. The van der Waals surface area contributed by atoms with E-state index in [9.17, 15) is 0 Å². The smallest absolute Gasteiger partial charge is 0.0779 e. The Morgan fingerprint density at radius 1 is 1.25 bits per heavy atom. The van der Waals surface area contributed by atoms with Crippen LogP contribution < -0.4 is 5.73 Å². The normalized spacial score (nSPS) is 15.4. The maximum absolute atomic E-state index is 5.74. The van der Waals surface area contributed by atoms with Gasteiger partial charge in [-0.3, -0.25) is 0 Å². The third-order valence-corrected chi connectivity index (χ3v) is 2.72. The average Bonchev–Trinajstić information content (AvgIpc) is 1.64. The van der Waals surface area contributed by atoms with E-state index in [-0.39, 0.29) is 0 Å². The maximum atomic E-state index is 5.74. The Kier molecular flexibility index (Phi) is 5.03. The van der Waals surface area contributed by atoms with E-state index in [0.29, 0.717) is 13.9 Å². The van der Waals surface area contributed by atoms with Crippen molar-refractivity contribution in [3.05, 3.63) is 0 Å². The lowest BCUT2D eigenvalue weighted by Gasteiger charge is -2.16. The van der Waals surface area contributed by atoms with Crippen LogP contribution in [0.5, 0.6) is 0 Å². The summed E-state index contributed by atoms with van der Waals surface area (Å²) in [5, 5.41) is 0. The second-order valence-electron chi connectivity index (χ2n) is 2.16. The summed E-state index contributed by atoms with van der Waals surface area (Å²) in [5.41, 5.74) is 5.74. The second kappa shape index (κ2) is 4.27. The third kappa shape index (κ3) is 3.45. The topological polar surface area (TPSA) is 26.0 Å². The lowest BCUT2D eigenvalue weighted by molar-refractivity contribution is 0.534. The van der Waals surface area contributed by atoms with Gasteiger partial charge < -0.3 is 5.73 Å². The highest BCUT2D eigenvalue weighted by atomic mass is 127. The Hall–Kier alpha value is 1.42. The number of hydrogen-bond acceptors (Lipinski definition) is 1. The minimum Gasteiger partial charge on any atom is -0.326 e. The molecule has 0 heterocycles. The fourth-order valence-electron chi connectivity index (χ4n) is 0.291. The SMILES string of the molecule is CC(C)[C@H](N)C(I)I. The predicted molar refractivity (Wildman–Crippen MR) is 54.6 cm³/mol. The van der Waals surface area contributed by atoms with E-state index in [4.69, 9.17) is 5.73 Å². The van der Waals surface area contributed by atoms with Crippen LogP contribution in [-0.4, -0.2) is 7.97 Å². The van der Waals surface area contributed by atoms with E-state index >= 15 is 0 Å². The van der Waals surface area contributed by atoms with Gasteiger partial charge in [-0.05, 0) is 5.92 Å². The van der Waals surface area contributed by atoms with Gasteiger partial charge >= 0.3 is 0 Å². The first-order valence-corrected chi connectivity index (χ1v) is 5.08. The largest absolute Gasteiger partial charge is 0.326 e. The van der Waals surface area contributed by atoms with E-state index in [0.717, 1.165) is 0 Å². The Balaban J connectivity index is 3.46. The molecule has 0 radical (unpaired) electrons. The molecular formula is C5H11I2N. The minimum absolute atomic E-state index is 0.344. The van der Waals surface area contributed by atoms with Crippen molar-refractivity contribution in [2.75, 3.05) is 0 Å². The van der Waals surface area contributed by atoms with Crippen LogP contribution in [-0.2, 0) is 0 Å². The summed E-state index contributed by atoms with van der Waals surface area (Å²) >= 11 is 4.69. The summed E-state index contributed by atoms with van der Waals surface area (Å²) in [5.74, 6) is 0.605. The van der Waals surface area contributed by atoms with Gasteiger partial charge in [0.15, 0.2) is 0 Å². The molecule has 0 saturated heterocycles. The first kappa shape index (κ1) is 9.42. The van der Waals surface area contributed by atoms with Gasteiger partial charge in [-0.15, -0.1) is 0 Å². The van der Waals surface area contributed by atoms with Crippen LogP contribution in [0, 0.1) is 5.92 Å². The fourth-order valence-corrected chi connectivity index (χ4v) is 1.95. The molecular weight excluding hydrogens is 328 g/mol. The molecule has 0 aromatic heterocycles. The van der Waals surface area contributed by atoms with Crippen molar-refractivity contribution in [3.8, 4) is 0 Å². The van der Waals surface area contributed by atoms with Crippen molar-refractivity contribution in [3.63, 3.8) is 0 Å². The van der Waals surface area contributed by atoms with Gasteiger partial charge in [-0.25, -0.2) is 0 Å². The number of rotatable bonds is 2.